The van der Waals surface area contributed by atoms with Crippen LogP contribution in [0.4, 0.5) is 9.52 Å². The fourth-order valence-electron chi connectivity index (χ4n) is 2.75. The van der Waals surface area contributed by atoms with Crippen LogP contribution in [-0.2, 0) is 6.42 Å². The SMILES string of the molecule is Fc1ccc2nc(NC3CCCc4sccc43)sc2c1. The van der Waals surface area contributed by atoms with Gasteiger partial charge in [-0.2, -0.15) is 0 Å². The first-order chi connectivity index (χ1) is 9.79. The second-order valence-corrected chi connectivity index (χ2v) is 7.05. The van der Waals surface area contributed by atoms with E-state index in [2.05, 4.69) is 21.7 Å². The van der Waals surface area contributed by atoms with Crippen LogP contribution in [0.15, 0.2) is 29.6 Å². The van der Waals surface area contributed by atoms with Crippen molar-refractivity contribution in [2.45, 2.75) is 25.3 Å². The van der Waals surface area contributed by atoms with Gasteiger partial charge in [0.25, 0.3) is 0 Å². The molecule has 1 aliphatic carbocycles. The van der Waals surface area contributed by atoms with Crippen molar-refractivity contribution in [3.05, 3.63) is 45.9 Å². The zero-order valence-electron chi connectivity index (χ0n) is 10.7. The van der Waals surface area contributed by atoms with Crippen molar-refractivity contribution in [1.82, 2.24) is 4.98 Å². The molecule has 0 bridgehead atoms. The lowest BCUT2D eigenvalue weighted by atomic mass is 9.94. The molecule has 0 saturated carbocycles. The van der Waals surface area contributed by atoms with Crippen LogP contribution in [0.25, 0.3) is 10.2 Å². The van der Waals surface area contributed by atoms with Crippen LogP contribution in [0.2, 0.25) is 0 Å². The van der Waals surface area contributed by atoms with Crippen LogP contribution < -0.4 is 5.32 Å². The van der Waals surface area contributed by atoms with Crippen molar-refractivity contribution < 1.29 is 4.39 Å². The van der Waals surface area contributed by atoms with Crippen molar-refractivity contribution >= 4 is 38.0 Å². The van der Waals surface area contributed by atoms with Crippen molar-refractivity contribution in [1.29, 1.82) is 0 Å². The van der Waals surface area contributed by atoms with Crippen LogP contribution in [0.1, 0.15) is 29.3 Å². The second-order valence-electron chi connectivity index (χ2n) is 5.02. The van der Waals surface area contributed by atoms with Gasteiger partial charge in [0.1, 0.15) is 5.82 Å². The number of thiophene rings is 1. The van der Waals surface area contributed by atoms with Gasteiger partial charge in [0, 0.05) is 4.88 Å². The average Bonchev–Trinajstić information content (AvgIpc) is 3.04. The third-order valence-electron chi connectivity index (χ3n) is 3.70. The summed E-state index contributed by atoms with van der Waals surface area (Å²) in [7, 11) is 0. The van der Waals surface area contributed by atoms with Gasteiger partial charge in [0.15, 0.2) is 5.13 Å². The van der Waals surface area contributed by atoms with Crippen LogP contribution in [0.5, 0.6) is 0 Å². The van der Waals surface area contributed by atoms with E-state index >= 15 is 0 Å². The zero-order valence-corrected chi connectivity index (χ0v) is 12.4. The molecule has 0 fully saturated rings. The largest absolute Gasteiger partial charge is 0.355 e. The van der Waals surface area contributed by atoms with Crippen LogP contribution >= 0.6 is 22.7 Å². The number of thiazole rings is 1. The fourth-order valence-corrected chi connectivity index (χ4v) is 4.68. The number of rotatable bonds is 2. The zero-order chi connectivity index (χ0) is 13.5. The molecule has 102 valence electrons. The molecule has 2 aromatic heterocycles. The van der Waals surface area contributed by atoms with Crippen molar-refractivity contribution in [2.75, 3.05) is 5.32 Å². The van der Waals surface area contributed by atoms with Gasteiger partial charge >= 0.3 is 0 Å². The van der Waals surface area contributed by atoms with Gasteiger partial charge in [-0.1, -0.05) is 11.3 Å². The van der Waals surface area contributed by atoms with Crippen molar-refractivity contribution in [3.63, 3.8) is 0 Å². The second kappa shape index (κ2) is 4.82. The number of hydrogen-bond acceptors (Lipinski definition) is 4. The van der Waals surface area contributed by atoms with Crippen molar-refractivity contribution in [2.24, 2.45) is 0 Å². The Morgan fingerprint density at radius 1 is 1.30 bits per heavy atom. The molecule has 1 aliphatic rings. The molecule has 20 heavy (non-hydrogen) atoms. The highest BCUT2D eigenvalue weighted by Gasteiger charge is 2.21. The number of nitrogens with one attached hydrogen (secondary N) is 1. The van der Waals surface area contributed by atoms with E-state index in [0.29, 0.717) is 6.04 Å². The van der Waals surface area contributed by atoms with Gasteiger partial charge in [0.05, 0.1) is 16.3 Å². The molecule has 0 spiro atoms. The van der Waals surface area contributed by atoms with E-state index in [1.54, 1.807) is 12.1 Å². The average molecular weight is 304 g/mol. The summed E-state index contributed by atoms with van der Waals surface area (Å²) in [6.45, 7) is 0. The van der Waals surface area contributed by atoms with Gasteiger partial charge in [0.2, 0.25) is 0 Å². The van der Waals surface area contributed by atoms with Gasteiger partial charge in [-0.05, 0) is 54.5 Å². The smallest absolute Gasteiger partial charge is 0.184 e. The summed E-state index contributed by atoms with van der Waals surface area (Å²) >= 11 is 3.36. The number of nitrogens with zero attached hydrogens (tertiary/aromatic N) is 1. The van der Waals surface area contributed by atoms with E-state index in [-0.39, 0.29) is 5.82 Å². The molecule has 2 nitrogen and oxygen atoms in total. The minimum atomic E-state index is -0.203. The molecule has 0 saturated heterocycles. The van der Waals surface area contributed by atoms with Crippen LogP contribution in [0, 0.1) is 5.82 Å². The summed E-state index contributed by atoms with van der Waals surface area (Å²) in [4.78, 5) is 6.04. The molecular formula is C15H13FN2S2. The summed E-state index contributed by atoms with van der Waals surface area (Å²) in [5.74, 6) is -0.203. The van der Waals surface area contributed by atoms with Gasteiger partial charge in [-0.3, -0.25) is 0 Å². The van der Waals surface area contributed by atoms with Gasteiger partial charge < -0.3 is 5.32 Å². The molecule has 5 heteroatoms. The Hall–Kier alpha value is -1.46. The molecular weight excluding hydrogens is 291 g/mol. The summed E-state index contributed by atoms with van der Waals surface area (Å²) in [6, 6.07) is 7.31. The summed E-state index contributed by atoms with van der Waals surface area (Å²) < 4.78 is 14.1. The molecule has 1 unspecified atom stereocenters. The Balaban J connectivity index is 1.65. The third-order valence-corrected chi connectivity index (χ3v) is 5.65. The molecule has 0 radical (unpaired) electrons. The van der Waals surface area contributed by atoms with Gasteiger partial charge in [-0.15, -0.1) is 11.3 Å². The summed E-state index contributed by atoms with van der Waals surface area (Å²) in [5, 5.41) is 6.57. The summed E-state index contributed by atoms with van der Waals surface area (Å²) in [6.07, 6.45) is 3.54. The lowest BCUT2D eigenvalue weighted by Gasteiger charge is -2.23. The monoisotopic (exact) mass is 304 g/mol. The lowest BCUT2D eigenvalue weighted by Crippen LogP contribution is -2.15. The topological polar surface area (TPSA) is 24.9 Å². The number of halogens is 1. The fraction of sp³-hybridized carbons (Fsp3) is 0.267. The molecule has 1 aromatic carbocycles. The minimum Gasteiger partial charge on any atom is -0.355 e. The Labute approximate surface area is 124 Å². The van der Waals surface area contributed by atoms with E-state index in [4.69, 9.17) is 0 Å². The Morgan fingerprint density at radius 3 is 3.20 bits per heavy atom. The Bertz CT molecular complexity index is 762. The number of aromatic nitrogens is 1. The predicted molar refractivity (Wildman–Crippen MR) is 83.2 cm³/mol. The van der Waals surface area contributed by atoms with Gasteiger partial charge in [-0.25, -0.2) is 9.37 Å². The quantitative estimate of drug-likeness (QED) is 0.721. The number of fused-ring (bicyclic) bond motifs is 2. The summed E-state index contributed by atoms with van der Waals surface area (Å²) in [5.41, 5.74) is 2.27. The first kappa shape index (κ1) is 12.3. The lowest BCUT2D eigenvalue weighted by molar-refractivity contribution is 0.608. The van der Waals surface area contributed by atoms with E-state index in [1.165, 1.54) is 40.7 Å². The van der Waals surface area contributed by atoms with E-state index in [9.17, 15) is 4.39 Å². The maximum atomic E-state index is 13.2. The number of benzene rings is 1. The predicted octanol–water partition coefficient (Wildman–Crippen LogP) is 4.99. The molecule has 4 rings (SSSR count). The van der Waals surface area contributed by atoms with E-state index in [0.717, 1.165) is 21.8 Å². The van der Waals surface area contributed by atoms with Crippen LogP contribution in [-0.4, -0.2) is 4.98 Å². The molecule has 1 N–H and O–H groups in total. The van der Waals surface area contributed by atoms with E-state index in [1.807, 2.05) is 11.3 Å². The highest BCUT2D eigenvalue weighted by molar-refractivity contribution is 7.22. The number of hydrogen-bond donors (Lipinski definition) is 1. The molecule has 0 amide bonds. The molecule has 2 heterocycles. The van der Waals surface area contributed by atoms with Crippen LogP contribution in [0.3, 0.4) is 0 Å². The Kier molecular flexibility index (Phi) is 2.97. The number of aryl methyl sites for hydroxylation is 1. The van der Waals surface area contributed by atoms with E-state index < -0.39 is 0 Å². The maximum absolute atomic E-state index is 13.2. The molecule has 1 atom stereocenters. The molecule has 0 aliphatic heterocycles. The normalized spacial score (nSPS) is 18.1. The Morgan fingerprint density at radius 2 is 2.25 bits per heavy atom. The standard InChI is InChI=1S/C15H13FN2S2/c16-9-4-5-12-14(8-9)20-15(18-12)17-11-2-1-3-13-10(11)6-7-19-13/h4-8,11H,1-3H2,(H,17,18). The van der Waals surface area contributed by atoms with Crippen molar-refractivity contribution in [3.8, 4) is 0 Å². The highest BCUT2D eigenvalue weighted by atomic mass is 32.1. The molecule has 3 aromatic rings. The first-order valence-corrected chi connectivity index (χ1v) is 8.38. The third kappa shape index (κ3) is 2.11. The highest BCUT2D eigenvalue weighted by Crippen LogP contribution is 2.37. The number of anilines is 1. The minimum absolute atomic E-state index is 0.203. The maximum Gasteiger partial charge on any atom is 0.184 e. The first-order valence-electron chi connectivity index (χ1n) is 6.68.